The summed E-state index contributed by atoms with van der Waals surface area (Å²) in [6.07, 6.45) is 9.34. The van der Waals surface area contributed by atoms with Crippen LogP contribution in [0.3, 0.4) is 0 Å². The van der Waals surface area contributed by atoms with Crippen LogP contribution in [0.4, 0.5) is 0 Å². The third kappa shape index (κ3) is 15.8. The Balaban J connectivity index is 0.000000907. The van der Waals surface area contributed by atoms with Crippen LogP contribution in [-0.2, 0) is 52.3 Å². The van der Waals surface area contributed by atoms with Crippen LogP contribution in [0.15, 0.2) is 84.5 Å². The van der Waals surface area contributed by atoms with Crippen LogP contribution < -0.4 is 0 Å². The molecule has 4 aromatic rings. The molecule has 3 heteroatoms. The molecule has 288 valence electrons. The van der Waals surface area contributed by atoms with Crippen LogP contribution in [0.5, 0.6) is 0 Å². The van der Waals surface area contributed by atoms with E-state index in [0.717, 1.165) is 12.8 Å². The average Bonchev–Trinajstić information content (AvgIpc) is 3.66. The Hall–Kier alpha value is -2.31. The molecule has 0 saturated carbocycles. The second-order valence-corrected chi connectivity index (χ2v) is 17.8. The van der Waals surface area contributed by atoms with Crippen molar-refractivity contribution in [3.63, 3.8) is 0 Å². The van der Waals surface area contributed by atoms with Crippen molar-refractivity contribution in [1.82, 2.24) is 0 Å². The number of benzene rings is 4. The van der Waals surface area contributed by atoms with Crippen LogP contribution in [0.2, 0.25) is 0 Å². The summed E-state index contributed by atoms with van der Waals surface area (Å²) in [5, 5.41) is 0. The van der Waals surface area contributed by atoms with Crippen molar-refractivity contribution < 1.29 is 24.2 Å². The van der Waals surface area contributed by atoms with Crippen molar-refractivity contribution in [2.24, 2.45) is 0 Å². The first-order valence-corrected chi connectivity index (χ1v) is 20.1. The van der Waals surface area contributed by atoms with Gasteiger partial charge in [0, 0.05) is 0 Å². The zero-order valence-electron chi connectivity index (χ0n) is 35.4. The molecule has 0 unspecified atom stereocenters. The second-order valence-electron chi connectivity index (χ2n) is 17.8. The Morgan fingerprint density at radius 3 is 1.28 bits per heavy atom. The van der Waals surface area contributed by atoms with Crippen LogP contribution in [0.1, 0.15) is 141 Å². The van der Waals surface area contributed by atoms with Gasteiger partial charge >= 0.3 is 28.4 Å². The van der Waals surface area contributed by atoms with E-state index in [-0.39, 0.29) is 46.5 Å². The second kappa shape index (κ2) is 21.7. The molecule has 0 radical (unpaired) electrons. The van der Waals surface area contributed by atoms with Gasteiger partial charge in [0.1, 0.15) is 0 Å². The molecule has 0 heterocycles. The van der Waals surface area contributed by atoms with Crippen molar-refractivity contribution >= 4 is 29.0 Å². The Bertz CT molecular complexity index is 1630. The number of hydrogen-bond donors (Lipinski definition) is 0. The quantitative estimate of drug-likeness (QED) is 0.136. The van der Waals surface area contributed by atoms with Crippen LogP contribution >= 0.6 is 24.8 Å². The molecule has 0 saturated heterocycles. The summed E-state index contributed by atoms with van der Waals surface area (Å²) in [7, 11) is 0. The van der Waals surface area contributed by atoms with Crippen LogP contribution in [0.25, 0.3) is 11.1 Å². The Labute approximate surface area is 353 Å². The normalized spacial score (nSPS) is 12.5. The topological polar surface area (TPSA) is 0 Å². The fourth-order valence-electron chi connectivity index (χ4n) is 6.08. The number of rotatable bonds is 0. The summed E-state index contributed by atoms with van der Waals surface area (Å²) in [4.78, 5) is 0. The fourth-order valence-corrected chi connectivity index (χ4v) is 6.08. The molecule has 4 aromatic carbocycles. The first kappa shape index (κ1) is 50.7. The van der Waals surface area contributed by atoms with Gasteiger partial charge in [-0.25, -0.2) is 11.6 Å². The third-order valence-electron chi connectivity index (χ3n) is 8.87. The van der Waals surface area contributed by atoms with Gasteiger partial charge in [-0.1, -0.05) is 127 Å². The number of allylic oxidation sites excluding steroid dienone is 4. The molecule has 0 aliphatic heterocycles. The van der Waals surface area contributed by atoms with E-state index in [0.29, 0.717) is 0 Å². The van der Waals surface area contributed by atoms with Crippen molar-refractivity contribution in [2.45, 2.75) is 138 Å². The van der Waals surface area contributed by atoms with Crippen molar-refractivity contribution in [2.75, 3.05) is 0 Å². The van der Waals surface area contributed by atoms with Gasteiger partial charge in [-0.15, -0.1) is 47.9 Å². The molecule has 0 nitrogen and oxygen atoms in total. The van der Waals surface area contributed by atoms with E-state index in [9.17, 15) is 0 Å². The number of fused-ring (bicyclic) bond motifs is 3. The van der Waals surface area contributed by atoms with Crippen molar-refractivity contribution in [3.05, 3.63) is 153 Å². The van der Waals surface area contributed by atoms with Crippen LogP contribution in [0, 0.1) is 38.1 Å². The van der Waals surface area contributed by atoms with E-state index in [1.165, 1.54) is 85.4 Å². The SMILES string of the molecule is CC(C)(C)c1[c-]c2c(cc1C(C)(C)C)-c1cc(C(C)(C)C)c(C(C)(C)C)cc1C2.CC1=[C-]CC=C1.Cc1cc[c-]cc1.Cc1cc[c-]cc1.Cl.Cl.[CH2]=[Zr]. The minimum atomic E-state index is 0. The Morgan fingerprint density at radius 1 is 0.566 bits per heavy atom. The summed E-state index contributed by atoms with van der Waals surface area (Å²) >= 11 is 1.30. The molecule has 53 heavy (non-hydrogen) atoms. The molecule has 2 aliphatic rings. The van der Waals surface area contributed by atoms with E-state index in [4.69, 9.17) is 0 Å². The monoisotopic (exact) mass is 826 g/mol. The molecule has 0 aromatic heterocycles. The van der Waals surface area contributed by atoms with E-state index in [1.54, 1.807) is 0 Å². The third-order valence-corrected chi connectivity index (χ3v) is 8.87. The number of aryl methyl sites for hydroxylation is 2. The first-order valence-electron chi connectivity index (χ1n) is 18.3. The van der Waals surface area contributed by atoms with Crippen molar-refractivity contribution in [1.29, 1.82) is 0 Å². The molecule has 0 fully saturated rings. The molecule has 0 bridgehead atoms. The Kier molecular flexibility index (Phi) is 20.8. The number of halogens is 2. The standard InChI is InChI=1S/C29H41.2C7H7.C6H7.CH2.2ClH.Zr/c1-26(2,3)22-14-18-13-19-15-23(27(4,5)6)25(29(10,11)12)17-21(19)20(18)16-24(22)28(7,8)9;2*1-7-5-3-2-4-6-7;1-6-4-2-3-5-6;;;;/h14,16-17H,13H2,1-12H3;2*3-6H,1H3;2,4H,3H2,1H3;1H2;2*1H;/q4*-1;;;;. The molecule has 6 rings (SSSR count). The van der Waals surface area contributed by atoms with Gasteiger partial charge in [0.15, 0.2) is 0 Å². The summed E-state index contributed by atoms with van der Waals surface area (Å²) in [5.41, 5.74) is 15.8. The predicted octanol–water partition coefficient (Wildman–Crippen LogP) is 14.3. The van der Waals surface area contributed by atoms with Gasteiger partial charge in [-0.3, -0.25) is 6.08 Å². The van der Waals surface area contributed by atoms with E-state index in [1.807, 2.05) is 48.5 Å². The molecular formula is C50H66Cl2Zr-4. The average molecular weight is 829 g/mol. The summed E-state index contributed by atoms with van der Waals surface area (Å²) in [6, 6.07) is 33.0. The molecule has 0 atom stereocenters. The van der Waals surface area contributed by atoms with Gasteiger partial charge in [0.05, 0.1) is 0 Å². The molecule has 0 amide bonds. The Morgan fingerprint density at radius 2 is 0.981 bits per heavy atom. The van der Waals surface area contributed by atoms with Crippen molar-refractivity contribution in [3.8, 4) is 11.1 Å². The van der Waals surface area contributed by atoms with E-state index >= 15 is 0 Å². The maximum absolute atomic E-state index is 3.90. The molecular weight excluding hydrogens is 763 g/mol. The first-order chi connectivity index (χ1) is 23.6. The van der Waals surface area contributed by atoms with E-state index in [2.05, 4.69) is 163 Å². The zero-order chi connectivity index (χ0) is 38.8. The predicted molar refractivity (Wildman–Crippen MR) is 236 cm³/mol. The van der Waals surface area contributed by atoms with Gasteiger partial charge in [0.25, 0.3) is 0 Å². The minimum absolute atomic E-state index is 0. The van der Waals surface area contributed by atoms with Gasteiger partial charge in [-0.05, 0) is 39.4 Å². The fraction of sp³-hybridized carbons (Fsp3) is 0.420. The van der Waals surface area contributed by atoms with Gasteiger partial charge in [-0.2, -0.15) is 95.6 Å². The number of hydrogen-bond acceptors (Lipinski definition) is 0. The summed E-state index contributed by atoms with van der Waals surface area (Å²) in [5.74, 6) is 0. The van der Waals surface area contributed by atoms with Gasteiger partial charge in [0.2, 0.25) is 0 Å². The zero-order valence-corrected chi connectivity index (χ0v) is 39.5. The molecule has 0 N–H and O–H groups in total. The maximum atomic E-state index is 3.90. The molecule has 2 aliphatic carbocycles. The summed E-state index contributed by atoms with van der Waals surface area (Å²) in [6.45, 7) is 34.2. The van der Waals surface area contributed by atoms with E-state index < -0.39 is 0 Å². The van der Waals surface area contributed by atoms with Gasteiger partial charge < -0.3 is 0 Å². The molecule has 0 spiro atoms. The summed E-state index contributed by atoms with van der Waals surface area (Å²) < 4.78 is 3.34. The van der Waals surface area contributed by atoms with Crippen LogP contribution in [-0.4, -0.2) is 4.21 Å².